The number of rotatable bonds is 7. The Morgan fingerprint density at radius 1 is 1.32 bits per heavy atom. The lowest BCUT2D eigenvalue weighted by Crippen LogP contribution is -2.21. The van der Waals surface area contributed by atoms with E-state index in [9.17, 15) is 13.2 Å². The van der Waals surface area contributed by atoms with Crippen molar-refractivity contribution < 1.29 is 17.9 Å². The molecule has 108 valence electrons. The second-order valence-corrected chi connectivity index (χ2v) is 5.26. The number of benzene rings is 1. The van der Waals surface area contributed by atoms with Crippen molar-refractivity contribution in [1.82, 2.24) is 5.32 Å². The highest BCUT2D eigenvalue weighted by Gasteiger charge is 2.33. The van der Waals surface area contributed by atoms with Gasteiger partial charge in [-0.3, -0.25) is 0 Å². The Kier molecular flexibility index (Phi) is 6.68. The van der Waals surface area contributed by atoms with Gasteiger partial charge < -0.3 is 10.1 Å². The van der Waals surface area contributed by atoms with Gasteiger partial charge in [0.05, 0.1) is 12.2 Å². The molecule has 6 heteroatoms. The second kappa shape index (κ2) is 7.77. The van der Waals surface area contributed by atoms with Crippen molar-refractivity contribution >= 4 is 11.8 Å². The predicted octanol–water partition coefficient (Wildman–Crippen LogP) is 3.55. The fourth-order valence-electron chi connectivity index (χ4n) is 1.63. The van der Waals surface area contributed by atoms with Crippen LogP contribution in [-0.4, -0.2) is 26.0 Å². The molecule has 1 N–H and O–H groups in total. The number of thioether (sulfide) groups is 1. The first-order valence-electron chi connectivity index (χ1n) is 6.01. The summed E-state index contributed by atoms with van der Waals surface area (Å²) in [6.45, 7) is 3.11. The molecule has 0 saturated heterocycles. The molecule has 0 aliphatic heterocycles. The van der Waals surface area contributed by atoms with Crippen LogP contribution in [0.4, 0.5) is 13.2 Å². The van der Waals surface area contributed by atoms with Crippen molar-refractivity contribution in [3.63, 3.8) is 0 Å². The Balaban J connectivity index is 2.84. The lowest BCUT2D eigenvalue weighted by molar-refractivity contribution is -0.138. The molecule has 0 bridgehead atoms. The summed E-state index contributed by atoms with van der Waals surface area (Å²) >= 11 is 1.41. The zero-order valence-corrected chi connectivity index (χ0v) is 11.8. The Morgan fingerprint density at radius 2 is 2.05 bits per heavy atom. The summed E-state index contributed by atoms with van der Waals surface area (Å²) in [4.78, 5) is 0.649. The van der Waals surface area contributed by atoms with Gasteiger partial charge in [0.15, 0.2) is 0 Å². The zero-order chi connectivity index (χ0) is 14.3. The molecule has 0 aromatic heterocycles. The van der Waals surface area contributed by atoms with Crippen LogP contribution in [0.25, 0.3) is 0 Å². The normalized spacial score (nSPS) is 11.8. The summed E-state index contributed by atoms with van der Waals surface area (Å²) in [5.74, 6) is 0.753. The van der Waals surface area contributed by atoms with E-state index >= 15 is 0 Å². The van der Waals surface area contributed by atoms with Crippen LogP contribution >= 0.6 is 11.8 Å². The third-order valence-electron chi connectivity index (χ3n) is 2.50. The van der Waals surface area contributed by atoms with Crippen molar-refractivity contribution in [3.8, 4) is 0 Å². The van der Waals surface area contributed by atoms with E-state index in [0.29, 0.717) is 18.0 Å². The molecule has 1 rings (SSSR count). The van der Waals surface area contributed by atoms with E-state index in [2.05, 4.69) is 5.32 Å². The van der Waals surface area contributed by atoms with Gasteiger partial charge in [-0.25, -0.2) is 0 Å². The number of halogens is 3. The molecule has 0 amide bonds. The van der Waals surface area contributed by atoms with Crippen molar-refractivity contribution in [2.24, 2.45) is 0 Å². The SMILES string of the molecule is CCSc1ccc(CNCCOC)c(C(F)(F)F)c1. The molecule has 0 spiro atoms. The van der Waals surface area contributed by atoms with Crippen LogP contribution in [0.2, 0.25) is 0 Å². The van der Waals surface area contributed by atoms with Gasteiger partial charge >= 0.3 is 6.18 Å². The molecule has 0 aliphatic rings. The summed E-state index contributed by atoms with van der Waals surface area (Å²) in [5, 5.41) is 2.93. The van der Waals surface area contributed by atoms with Gasteiger partial charge in [-0.05, 0) is 23.4 Å². The highest BCUT2D eigenvalue weighted by atomic mass is 32.2. The van der Waals surface area contributed by atoms with Gasteiger partial charge in [0.1, 0.15) is 0 Å². The van der Waals surface area contributed by atoms with Crippen LogP contribution in [0, 0.1) is 0 Å². The maximum atomic E-state index is 13.0. The molecule has 0 aliphatic carbocycles. The number of methoxy groups -OCH3 is 1. The van der Waals surface area contributed by atoms with Crippen LogP contribution in [0.5, 0.6) is 0 Å². The van der Waals surface area contributed by atoms with Crippen molar-refractivity contribution in [1.29, 1.82) is 0 Å². The maximum Gasteiger partial charge on any atom is 0.416 e. The quantitative estimate of drug-likeness (QED) is 0.613. The van der Waals surface area contributed by atoms with Crippen LogP contribution in [-0.2, 0) is 17.5 Å². The van der Waals surface area contributed by atoms with Gasteiger partial charge in [0, 0.05) is 25.1 Å². The lowest BCUT2D eigenvalue weighted by atomic mass is 10.1. The molecule has 0 saturated carbocycles. The van der Waals surface area contributed by atoms with Gasteiger partial charge in [-0.1, -0.05) is 13.0 Å². The summed E-state index contributed by atoms with van der Waals surface area (Å²) in [5.41, 5.74) is -0.292. The van der Waals surface area contributed by atoms with E-state index in [-0.39, 0.29) is 12.1 Å². The Hall–Kier alpha value is -0.720. The smallest absolute Gasteiger partial charge is 0.383 e. The average Bonchev–Trinajstić information content (AvgIpc) is 2.35. The third kappa shape index (κ3) is 5.42. The number of nitrogens with one attached hydrogen (secondary N) is 1. The monoisotopic (exact) mass is 293 g/mol. The Bertz CT molecular complexity index is 396. The van der Waals surface area contributed by atoms with Crippen LogP contribution in [0.1, 0.15) is 18.1 Å². The summed E-state index contributed by atoms with van der Waals surface area (Å²) in [6, 6.07) is 4.50. The zero-order valence-electron chi connectivity index (χ0n) is 11.0. The standard InChI is InChI=1S/C13H18F3NOS/c1-3-19-11-5-4-10(9-17-6-7-18-2)12(8-11)13(14,15)16/h4-5,8,17H,3,6-7,9H2,1-2H3. The third-order valence-corrected chi connectivity index (χ3v) is 3.37. The van der Waals surface area contributed by atoms with E-state index in [1.807, 2.05) is 6.92 Å². The minimum atomic E-state index is -4.32. The second-order valence-electron chi connectivity index (χ2n) is 3.92. The molecule has 0 radical (unpaired) electrons. The first-order chi connectivity index (χ1) is 8.99. The largest absolute Gasteiger partial charge is 0.416 e. The number of hydrogen-bond acceptors (Lipinski definition) is 3. The maximum absolute atomic E-state index is 13.0. The highest BCUT2D eigenvalue weighted by Crippen LogP contribution is 2.34. The number of alkyl halides is 3. The molecular formula is C13H18F3NOS. The molecule has 19 heavy (non-hydrogen) atoms. The van der Waals surface area contributed by atoms with E-state index < -0.39 is 11.7 Å². The summed E-state index contributed by atoms with van der Waals surface area (Å²) in [6.07, 6.45) is -4.32. The van der Waals surface area contributed by atoms with Gasteiger partial charge in [-0.2, -0.15) is 13.2 Å². The van der Waals surface area contributed by atoms with Gasteiger partial charge in [0.2, 0.25) is 0 Å². The van der Waals surface area contributed by atoms with Crippen LogP contribution in [0.15, 0.2) is 23.1 Å². The fraction of sp³-hybridized carbons (Fsp3) is 0.538. The van der Waals surface area contributed by atoms with Crippen molar-refractivity contribution in [2.75, 3.05) is 26.0 Å². The highest BCUT2D eigenvalue weighted by molar-refractivity contribution is 7.99. The minimum absolute atomic E-state index is 0.190. The topological polar surface area (TPSA) is 21.3 Å². The minimum Gasteiger partial charge on any atom is -0.383 e. The van der Waals surface area contributed by atoms with E-state index in [0.717, 1.165) is 5.75 Å². The van der Waals surface area contributed by atoms with Crippen LogP contribution < -0.4 is 5.32 Å². The molecule has 2 nitrogen and oxygen atoms in total. The van der Waals surface area contributed by atoms with Crippen molar-refractivity contribution in [2.45, 2.75) is 24.5 Å². The van der Waals surface area contributed by atoms with E-state index in [1.165, 1.54) is 17.8 Å². The molecule has 1 aromatic rings. The molecule has 0 heterocycles. The molecular weight excluding hydrogens is 275 g/mol. The van der Waals surface area contributed by atoms with E-state index in [1.54, 1.807) is 19.2 Å². The first-order valence-corrected chi connectivity index (χ1v) is 7.00. The summed E-state index contributed by atoms with van der Waals surface area (Å²) in [7, 11) is 1.56. The Morgan fingerprint density at radius 3 is 2.63 bits per heavy atom. The number of hydrogen-bond donors (Lipinski definition) is 1. The van der Waals surface area contributed by atoms with Crippen LogP contribution in [0.3, 0.4) is 0 Å². The average molecular weight is 293 g/mol. The lowest BCUT2D eigenvalue weighted by Gasteiger charge is -2.15. The van der Waals surface area contributed by atoms with Crippen molar-refractivity contribution in [3.05, 3.63) is 29.3 Å². The van der Waals surface area contributed by atoms with Gasteiger partial charge in [-0.15, -0.1) is 11.8 Å². The molecule has 0 atom stereocenters. The van der Waals surface area contributed by atoms with E-state index in [4.69, 9.17) is 4.74 Å². The summed E-state index contributed by atoms with van der Waals surface area (Å²) < 4.78 is 43.8. The fourth-order valence-corrected chi connectivity index (χ4v) is 2.33. The Labute approximate surface area is 115 Å². The molecule has 0 fully saturated rings. The first kappa shape index (κ1) is 16.3. The van der Waals surface area contributed by atoms with Gasteiger partial charge in [0.25, 0.3) is 0 Å². The molecule has 0 unspecified atom stereocenters. The molecule has 1 aromatic carbocycles. The predicted molar refractivity (Wildman–Crippen MR) is 71.4 cm³/mol. The number of ether oxygens (including phenoxy) is 1.